The van der Waals surface area contributed by atoms with Gasteiger partial charge in [-0.3, -0.25) is 4.98 Å². The normalized spacial score (nSPS) is 18.4. The van der Waals surface area contributed by atoms with Gasteiger partial charge in [0.2, 0.25) is 0 Å². The number of pyridine rings is 1. The topological polar surface area (TPSA) is 37.8 Å². The van der Waals surface area contributed by atoms with Gasteiger partial charge in [-0.15, -0.1) is 11.3 Å². The molecule has 3 heterocycles. The largest absolute Gasteiger partial charge is 0.317 e. The first-order chi connectivity index (χ1) is 7.43. The van der Waals surface area contributed by atoms with Crippen LogP contribution in [-0.2, 0) is 0 Å². The van der Waals surface area contributed by atoms with Gasteiger partial charge in [0.25, 0.3) is 0 Å². The van der Waals surface area contributed by atoms with E-state index in [-0.39, 0.29) is 0 Å². The van der Waals surface area contributed by atoms with E-state index in [1.807, 2.05) is 23.7 Å². The molecule has 0 aliphatic carbocycles. The lowest BCUT2D eigenvalue weighted by Gasteiger charge is -2.20. The van der Waals surface area contributed by atoms with Gasteiger partial charge >= 0.3 is 0 Å². The van der Waals surface area contributed by atoms with E-state index in [1.165, 1.54) is 22.5 Å². The fourth-order valence-electron chi connectivity index (χ4n) is 2.04. The summed E-state index contributed by atoms with van der Waals surface area (Å²) >= 11 is 1.82. The Morgan fingerprint density at radius 1 is 1.33 bits per heavy atom. The summed E-state index contributed by atoms with van der Waals surface area (Å²) in [6, 6.07) is 2.05. The lowest BCUT2D eigenvalue weighted by molar-refractivity contribution is 0.459. The van der Waals surface area contributed by atoms with Crippen molar-refractivity contribution in [2.75, 3.05) is 13.1 Å². The van der Waals surface area contributed by atoms with E-state index in [9.17, 15) is 0 Å². The van der Waals surface area contributed by atoms with Crippen molar-refractivity contribution in [2.24, 2.45) is 0 Å². The van der Waals surface area contributed by atoms with Gasteiger partial charge in [0, 0.05) is 12.1 Å². The Balaban J connectivity index is 1.96. The molecule has 0 saturated carbocycles. The number of nitrogens with zero attached hydrogens (tertiary/aromatic N) is 2. The van der Waals surface area contributed by atoms with Crippen LogP contribution in [0.3, 0.4) is 0 Å². The number of aromatic nitrogens is 2. The highest BCUT2D eigenvalue weighted by molar-refractivity contribution is 7.18. The SMILES string of the molecule is c1cc2sc(C3CCNCC3)nc2cn1. The molecule has 15 heavy (non-hydrogen) atoms. The summed E-state index contributed by atoms with van der Waals surface area (Å²) in [7, 11) is 0. The van der Waals surface area contributed by atoms with Crippen LogP contribution in [0.25, 0.3) is 10.2 Å². The van der Waals surface area contributed by atoms with E-state index in [1.54, 1.807) is 0 Å². The zero-order valence-corrected chi connectivity index (χ0v) is 9.26. The van der Waals surface area contributed by atoms with Crippen molar-refractivity contribution in [2.45, 2.75) is 18.8 Å². The highest BCUT2D eigenvalue weighted by Gasteiger charge is 2.18. The summed E-state index contributed by atoms with van der Waals surface area (Å²) < 4.78 is 1.26. The minimum Gasteiger partial charge on any atom is -0.317 e. The van der Waals surface area contributed by atoms with Crippen molar-refractivity contribution < 1.29 is 0 Å². The molecule has 0 bridgehead atoms. The number of hydrogen-bond acceptors (Lipinski definition) is 4. The number of thiazole rings is 1. The molecule has 4 heteroatoms. The molecule has 1 aliphatic heterocycles. The van der Waals surface area contributed by atoms with Crippen LogP contribution in [0.5, 0.6) is 0 Å². The van der Waals surface area contributed by atoms with E-state index >= 15 is 0 Å². The second-order valence-electron chi connectivity index (χ2n) is 3.92. The first kappa shape index (κ1) is 9.24. The molecule has 2 aromatic rings. The van der Waals surface area contributed by atoms with Crippen LogP contribution in [0.15, 0.2) is 18.5 Å². The zero-order valence-electron chi connectivity index (χ0n) is 8.44. The number of fused-ring (bicyclic) bond motifs is 1. The molecule has 3 rings (SSSR count). The smallest absolute Gasteiger partial charge is 0.0998 e. The van der Waals surface area contributed by atoms with Gasteiger partial charge < -0.3 is 5.32 Å². The lowest BCUT2D eigenvalue weighted by Crippen LogP contribution is -2.26. The summed E-state index contributed by atoms with van der Waals surface area (Å²) in [4.78, 5) is 8.77. The Hall–Kier alpha value is -1.00. The Morgan fingerprint density at radius 3 is 3.00 bits per heavy atom. The second kappa shape index (κ2) is 3.87. The van der Waals surface area contributed by atoms with Crippen LogP contribution in [0, 0.1) is 0 Å². The highest BCUT2D eigenvalue weighted by Crippen LogP contribution is 2.31. The monoisotopic (exact) mass is 219 g/mol. The van der Waals surface area contributed by atoms with Crippen molar-refractivity contribution in [3.63, 3.8) is 0 Å². The third-order valence-electron chi connectivity index (χ3n) is 2.89. The van der Waals surface area contributed by atoms with Crippen molar-refractivity contribution in [3.05, 3.63) is 23.5 Å². The average Bonchev–Trinajstić information content (AvgIpc) is 2.74. The molecule has 0 spiro atoms. The molecular weight excluding hydrogens is 206 g/mol. The van der Waals surface area contributed by atoms with Crippen molar-refractivity contribution in [3.8, 4) is 0 Å². The molecule has 1 aliphatic rings. The summed E-state index contributed by atoms with van der Waals surface area (Å²) in [5.41, 5.74) is 1.05. The maximum Gasteiger partial charge on any atom is 0.0998 e. The maximum absolute atomic E-state index is 4.66. The Kier molecular flexibility index (Phi) is 2.38. The Morgan fingerprint density at radius 2 is 2.20 bits per heavy atom. The maximum atomic E-state index is 4.66. The molecule has 0 atom stereocenters. The van der Waals surface area contributed by atoms with Crippen LogP contribution in [0.4, 0.5) is 0 Å². The number of piperidine rings is 1. The lowest BCUT2D eigenvalue weighted by atomic mass is 9.99. The van der Waals surface area contributed by atoms with Crippen LogP contribution < -0.4 is 5.32 Å². The molecule has 1 saturated heterocycles. The van der Waals surface area contributed by atoms with Gasteiger partial charge in [-0.25, -0.2) is 4.98 Å². The molecule has 1 fully saturated rings. The van der Waals surface area contributed by atoms with Gasteiger partial charge in [0.1, 0.15) is 0 Å². The summed E-state index contributed by atoms with van der Waals surface area (Å²) in [5.74, 6) is 0.656. The van der Waals surface area contributed by atoms with E-state index in [2.05, 4.69) is 21.4 Å². The van der Waals surface area contributed by atoms with Crippen LogP contribution in [-0.4, -0.2) is 23.1 Å². The fraction of sp³-hybridized carbons (Fsp3) is 0.455. The molecule has 3 nitrogen and oxygen atoms in total. The minimum absolute atomic E-state index is 0.656. The standard InChI is InChI=1S/C11H13N3S/c1-4-12-5-2-8(1)11-14-9-7-13-6-3-10(9)15-11/h3,6-8,12H,1-2,4-5H2. The fourth-order valence-corrected chi connectivity index (χ4v) is 3.14. The van der Waals surface area contributed by atoms with Gasteiger partial charge in [-0.2, -0.15) is 0 Å². The summed E-state index contributed by atoms with van der Waals surface area (Å²) in [5, 5.41) is 4.67. The van der Waals surface area contributed by atoms with Gasteiger partial charge in [0.05, 0.1) is 21.4 Å². The van der Waals surface area contributed by atoms with E-state index in [0.29, 0.717) is 5.92 Å². The van der Waals surface area contributed by atoms with Gasteiger partial charge in [-0.1, -0.05) is 0 Å². The van der Waals surface area contributed by atoms with Gasteiger partial charge in [-0.05, 0) is 32.0 Å². The zero-order chi connectivity index (χ0) is 10.1. The number of nitrogens with one attached hydrogen (secondary N) is 1. The second-order valence-corrected chi connectivity index (χ2v) is 4.98. The third kappa shape index (κ3) is 1.75. The third-order valence-corrected chi connectivity index (χ3v) is 4.09. The van der Waals surface area contributed by atoms with Crippen molar-refractivity contribution in [1.29, 1.82) is 0 Å². The average molecular weight is 219 g/mol. The van der Waals surface area contributed by atoms with E-state index in [4.69, 9.17) is 0 Å². The summed E-state index contributed by atoms with van der Waals surface area (Å²) in [6.45, 7) is 2.25. The van der Waals surface area contributed by atoms with Crippen LogP contribution in [0.2, 0.25) is 0 Å². The van der Waals surface area contributed by atoms with E-state index < -0.39 is 0 Å². The molecule has 0 radical (unpaired) electrons. The number of hydrogen-bond donors (Lipinski definition) is 1. The Labute approximate surface area is 92.6 Å². The van der Waals surface area contributed by atoms with Crippen LogP contribution >= 0.6 is 11.3 Å². The van der Waals surface area contributed by atoms with Crippen LogP contribution in [0.1, 0.15) is 23.8 Å². The van der Waals surface area contributed by atoms with E-state index in [0.717, 1.165) is 18.6 Å². The first-order valence-corrected chi connectivity index (χ1v) is 6.16. The summed E-state index contributed by atoms with van der Waals surface area (Å²) in [6.07, 6.45) is 6.13. The molecule has 0 amide bonds. The molecule has 2 aromatic heterocycles. The molecule has 78 valence electrons. The predicted octanol–water partition coefficient (Wildman–Crippen LogP) is 2.16. The number of rotatable bonds is 1. The molecule has 0 aromatic carbocycles. The minimum atomic E-state index is 0.656. The predicted molar refractivity (Wildman–Crippen MR) is 62.3 cm³/mol. The highest BCUT2D eigenvalue weighted by atomic mass is 32.1. The first-order valence-electron chi connectivity index (χ1n) is 5.34. The van der Waals surface area contributed by atoms with Crippen molar-refractivity contribution in [1.82, 2.24) is 15.3 Å². The Bertz CT molecular complexity index is 427. The molecule has 0 unspecified atom stereocenters. The quantitative estimate of drug-likeness (QED) is 0.798. The van der Waals surface area contributed by atoms with Crippen molar-refractivity contribution >= 4 is 21.6 Å². The molecular formula is C11H13N3S. The molecule has 1 N–H and O–H groups in total. The van der Waals surface area contributed by atoms with Gasteiger partial charge in [0.15, 0.2) is 0 Å².